The summed E-state index contributed by atoms with van der Waals surface area (Å²) in [6.07, 6.45) is 1.32. The van der Waals surface area contributed by atoms with Gasteiger partial charge in [0.25, 0.3) is 5.91 Å². The molecule has 1 aliphatic rings. The van der Waals surface area contributed by atoms with Gasteiger partial charge in [0, 0.05) is 24.1 Å². The molecule has 0 radical (unpaired) electrons. The number of nitrogens with zero attached hydrogens (tertiary/aromatic N) is 1. The first kappa shape index (κ1) is 17.5. The van der Waals surface area contributed by atoms with E-state index < -0.39 is 11.8 Å². The number of phenolic OH excluding ortho intramolecular Hbond substituents is 1. The Morgan fingerprint density at radius 1 is 1.31 bits per heavy atom. The zero-order valence-corrected chi connectivity index (χ0v) is 14.2. The Balaban J connectivity index is 1.69. The van der Waals surface area contributed by atoms with Gasteiger partial charge in [0.05, 0.1) is 13.3 Å². The van der Waals surface area contributed by atoms with Crippen molar-refractivity contribution >= 4 is 18.0 Å². The molecule has 7 nitrogen and oxygen atoms in total. The lowest BCUT2D eigenvalue weighted by Gasteiger charge is -2.15. The molecular weight excluding hydrogens is 334 g/mol. The molecule has 1 fully saturated rings. The lowest BCUT2D eigenvalue weighted by Crippen LogP contribution is -2.34. The molecule has 2 aromatic carbocycles. The fourth-order valence-corrected chi connectivity index (χ4v) is 2.93. The molecule has 1 aliphatic heterocycles. The number of ether oxygens (including phenoxy) is 1. The third-order valence-electron chi connectivity index (χ3n) is 4.31. The minimum absolute atomic E-state index is 0.0249. The summed E-state index contributed by atoms with van der Waals surface area (Å²) in [5.41, 5.74) is 3.72. The van der Waals surface area contributed by atoms with Gasteiger partial charge >= 0.3 is 0 Å². The highest BCUT2D eigenvalue weighted by atomic mass is 16.5. The molecule has 0 saturated carbocycles. The highest BCUT2D eigenvalue weighted by molar-refractivity contribution is 6.03. The van der Waals surface area contributed by atoms with Crippen LogP contribution in [-0.4, -0.2) is 36.8 Å². The number of aromatic hydroxyl groups is 1. The quantitative estimate of drug-likeness (QED) is 0.429. The number of carbonyl (C=O) groups is 2. The number of rotatable bonds is 5. The van der Waals surface area contributed by atoms with Crippen molar-refractivity contribution in [1.82, 2.24) is 10.7 Å². The Morgan fingerprint density at radius 3 is 2.77 bits per heavy atom. The molecule has 2 amide bonds. The van der Waals surface area contributed by atoms with Crippen molar-refractivity contribution in [2.75, 3.05) is 13.7 Å². The molecular formula is C19H19N3O4. The molecule has 3 N–H and O–H groups in total. The minimum atomic E-state index is -0.848. The molecule has 1 heterocycles. The summed E-state index contributed by atoms with van der Waals surface area (Å²) in [6, 6.07) is 14.1. The summed E-state index contributed by atoms with van der Waals surface area (Å²) in [7, 11) is 1.50. The van der Waals surface area contributed by atoms with E-state index in [2.05, 4.69) is 15.8 Å². The summed E-state index contributed by atoms with van der Waals surface area (Å²) in [6.45, 7) is 0.407. The van der Waals surface area contributed by atoms with Gasteiger partial charge in [0.2, 0.25) is 5.91 Å². The average Bonchev–Trinajstić information content (AvgIpc) is 3.05. The molecule has 134 valence electrons. The number of amides is 2. The van der Waals surface area contributed by atoms with Crippen LogP contribution in [0.4, 0.5) is 0 Å². The topological polar surface area (TPSA) is 100 Å². The molecule has 3 rings (SSSR count). The number of nitrogens with one attached hydrogen (secondary N) is 2. The minimum Gasteiger partial charge on any atom is -0.507 e. The van der Waals surface area contributed by atoms with Crippen LogP contribution in [0.25, 0.3) is 0 Å². The predicted octanol–water partition coefficient (Wildman–Crippen LogP) is 1.38. The largest absolute Gasteiger partial charge is 0.507 e. The van der Waals surface area contributed by atoms with Crippen molar-refractivity contribution in [2.45, 2.75) is 5.92 Å². The number of carbonyl (C=O) groups excluding carboxylic acids is 2. The summed E-state index contributed by atoms with van der Waals surface area (Å²) < 4.78 is 5.01. The first-order valence-electron chi connectivity index (χ1n) is 8.12. The zero-order chi connectivity index (χ0) is 18.5. The highest BCUT2D eigenvalue weighted by Crippen LogP contribution is 2.29. The molecule has 0 aromatic heterocycles. The smallest absolute Gasteiger partial charge is 0.253 e. The van der Waals surface area contributed by atoms with Gasteiger partial charge in [-0.25, -0.2) is 5.43 Å². The lowest BCUT2D eigenvalue weighted by molar-refractivity contribution is -0.133. The highest BCUT2D eigenvalue weighted by Gasteiger charge is 2.40. The normalized spacial score (nSPS) is 19.3. The first-order valence-corrected chi connectivity index (χ1v) is 8.12. The van der Waals surface area contributed by atoms with E-state index in [9.17, 15) is 14.7 Å². The molecule has 0 bridgehead atoms. The Morgan fingerprint density at radius 2 is 2.08 bits per heavy atom. The van der Waals surface area contributed by atoms with Crippen LogP contribution in [0.2, 0.25) is 0 Å². The fraction of sp³-hybridized carbons (Fsp3) is 0.211. The third-order valence-corrected chi connectivity index (χ3v) is 4.31. The maximum atomic E-state index is 12.4. The molecule has 7 heteroatoms. The Bertz CT molecular complexity index is 836. The number of hydrogen-bond acceptors (Lipinski definition) is 5. The number of hydrazone groups is 1. The number of phenols is 1. The van der Waals surface area contributed by atoms with Crippen molar-refractivity contribution in [3.8, 4) is 11.5 Å². The van der Waals surface area contributed by atoms with Crippen molar-refractivity contribution in [2.24, 2.45) is 11.0 Å². The predicted molar refractivity (Wildman–Crippen MR) is 96.1 cm³/mol. The second-order valence-electron chi connectivity index (χ2n) is 5.90. The van der Waals surface area contributed by atoms with Gasteiger partial charge < -0.3 is 15.2 Å². The maximum Gasteiger partial charge on any atom is 0.253 e. The zero-order valence-electron chi connectivity index (χ0n) is 14.2. The number of hydrogen-bond donors (Lipinski definition) is 3. The molecule has 2 aromatic rings. The first-order chi connectivity index (χ1) is 12.6. The van der Waals surface area contributed by atoms with Crippen LogP contribution in [0.3, 0.4) is 0 Å². The van der Waals surface area contributed by atoms with E-state index in [1.165, 1.54) is 19.4 Å². The van der Waals surface area contributed by atoms with E-state index in [1.807, 2.05) is 30.3 Å². The summed E-state index contributed by atoms with van der Waals surface area (Å²) in [5.74, 6) is -1.41. The van der Waals surface area contributed by atoms with Crippen molar-refractivity contribution in [3.05, 3.63) is 59.7 Å². The second kappa shape index (κ2) is 7.69. The van der Waals surface area contributed by atoms with Gasteiger partial charge in [-0.15, -0.1) is 0 Å². The maximum absolute atomic E-state index is 12.4. The van der Waals surface area contributed by atoms with Gasteiger partial charge in [-0.1, -0.05) is 30.3 Å². The van der Waals surface area contributed by atoms with Crippen LogP contribution < -0.4 is 15.5 Å². The third kappa shape index (κ3) is 3.66. The van der Waals surface area contributed by atoms with Gasteiger partial charge in [0.1, 0.15) is 17.4 Å². The Labute approximate surface area is 150 Å². The molecule has 0 unspecified atom stereocenters. The monoisotopic (exact) mass is 353 g/mol. The van der Waals surface area contributed by atoms with E-state index >= 15 is 0 Å². The van der Waals surface area contributed by atoms with E-state index in [4.69, 9.17) is 4.74 Å². The molecule has 0 spiro atoms. The number of methoxy groups -OCH3 is 1. The van der Waals surface area contributed by atoms with Crippen LogP contribution in [0.1, 0.15) is 17.0 Å². The van der Waals surface area contributed by atoms with Gasteiger partial charge in [0.15, 0.2) is 0 Å². The molecule has 0 aliphatic carbocycles. The lowest BCUT2D eigenvalue weighted by atomic mass is 9.88. The van der Waals surface area contributed by atoms with Crippen LogP contribution in [0, 0.1) is 5.92 Å². The Kier molecular flexibility index (Phi) is 5.17. The molecule has 26 heavy (non-hydrogen) atoms. The van der Waals surface area contributed by atoms with E-state index in [0.29, 0.717) is 17.9 Å². The van der Waals surface area contributed by atoms with Gasteiger partial charge in [-0.2, -0.15) is 5.10 Å². The van der Waals surface area contributed by atoms with E-state index in [-0.39, 0.29) is 17.6 Å². The summed E-state index contributed by atoms with van der Waals surface area (Å²) >= 11 is 0. The van der Waals surface area contributed by atoms with Gasteiger partial charge in [-0.3, -0.25) is 9.59 Å². The van der Waals surface area contributed by atoms with Crippen LogP contribution in [0.5, 0.6) is 11.5 Å². The second-order valence-corrected chi connectivity index (χ2v) is 5.90. The van der Waals surface area contributed by atoms with E-state index in [1.54, 1.807) is 12.1 Å². The summed E-state index contributed by atoms with van der Waals surface area (Å²) in [4.78, 5) is 24.5. The SMILES string of the molecule is COc1ccc(/C=N/NC(=O)[C@@H]2C(=O)NC[C@@H]2c2ccccc2)c(O)c1. The van der Waals surface area contributed by atoms with Crippen molar-refractivity contribution in [3.63, 3.8) is 0 Å². The standard InChI is InChI=1S/C19H19N3O4/c1-26-14-8-7-13(16(23)9-14)10-21-22-19(25)17-15(11-20-18(17)24)12-5-3-2-4-6-12/h2-10,15,17,23H,11H2,1H3,(H,20,24)(H,22,25)/b21-10+/t15-,17+/m1/s1. The fourth-order valence-electron chi connectivity index (χ4n) is 2.93. The van der Waals surface area contributed by atoms with Gasteiger partial charge in [-0.05, 0) is 17.7 Å². The van der Waals surface area contributed by atoms with E-state index in [0.717, 1.165) is 5.56 Å². The molecule has 1 saturated heterocycles. The average molecular weight is 353 g/mol. The van der Waals surface area contributed by atoms with Crippen LogP contribution in [0.15, 0.2) is 53.6 Å². The van der Waals surface area contributed by atoms with Crippen molar-refractivity contribution in [1.29, 1.82) is 0 Å². The molecule has 2 atom stereocenters. The van der Waals surface area contributed by atoms with Crippen molar-refractivity contribution < 1.29 is 19.4 Å². The summed E-state index contributed by atoms with van der Waals surface area (Å²) in [5, 5.41) is 16.5. The van der Waals surface area contributed by atoms with Crippen LogP contribution >= 0.6 is 0 Å². The Hall–Kier alpha value is -3.35. The number of benzene rings is 2. The van der Waals surface area contributed by atoms with Crippen LogP contribution in [-0.2, 0) is 9.59 Å².